The van der Waals surface area contributed by atoms with Gasteiger partial charge in [0.25, 0.3) is 0 Å². The normalized spacial score (nSPS) is 12.4. The van der Waals surface area contributed by atoms with Crippen LogP contribution in [0, 0.1) is 10.8 Å². The average Bonchev–Trinajstić information content (AvgIpc) is 3.38. The van der Waals surface area contributed by atoms with Crippen LogP contribution in [0.2, 0.25) is 0 Å². The zero-order valence-corrected chi connectivity index (χ0v) is 26.9. The van der Waals surface area contributed by atoms with Crippen LogP contribution in [-0.2, 0) is 9.59 Å². The summed E-state index contributed by atoms with van der Waals surface area (Å²) in [6.45, 7) is 10.9. The first-order chi connectivity index (χ1) is 20.9. The van der Waals surface area contributed by atoms with E-state index in [9.17, 15) is 19.2 Å². The third-order valence-corrected chi connectivity index (χ3v) is 7.80. The van der Waals surface area contributed by atoms with Crippen molar-refractivity contribution in [3.63, 3.8) is 0 Å². The summed E-state index contributed by atoms with van der Waals surface area (Å²) < 4.78 is 0. The molecule has 4 aromatic rings. The molecule has 9 heteroatoms. The van der Waals surface area contributed by atoms with E-state index in [0.29, 0.717) is 45.0 Å². The molecule has 4 aromatic carbocycles. The molecule has 7 N–H and O–H groups in total. The van der Waals surface area contributed by atoms with E-state index in [1.54, 1.807) is 63.2 Å². The van der Waals surface area contributed by atoms with Gasteiger partial charge in [0.05, 0.1) is 0 Å². The second kappa shape index (κ2) is 12.2. The van der Waals surface area contributed by atoms with Crippen LogP contribution in [0.3, 0.4) is 0 Å². The molecule has 1 amide bonds. The van der Waals surface area contributed by atoms with E-state index in [4.69, 9.17) is 28.8 Å². The smallest absolute Gasteiger partial charge is 0.229 e. The Kier molecular flexibility index (Phi) is 8.94. The number of nitrogens with two attached hydrogens (primary N) is 3. The molecule has 0 heterocycles. The monoisotopic (exact) mass is 624 g/mol. The molecule has 0 radical (unpaired) electrons. The summed E-state index contributed by atoms with van der Waals surface area (Å²) in [6, 6.07) is 21.6. The van der Waals surface area contributed by atoms with Crippen LogP contribution in [0.25, 0.3) is 22.3 Å². The molecule has 2 aliphatic rings. The van der Waals surface area contributed by atoms with Crippen molar-refractivity contribution in [1.29, 1.82) is 0 Å². The number of fused-ring (bicyclic) bond motifs is 6. The van der Waals surface area contributed by atoms with E-state index in [0.717, 1.165) is 22.3 Å². The van der Waals surface area contributed by atoms with Crippen molar-refractivity contribution in [1.82, 2.24) is 0 Å². The van der Waals surface area contributed by atoms with Crippen LogP contribution in [0.15, 0.2) is 72.8 Å². The molecule has 0 aromatic heterocycles. The predicted octanol–water partition coefficient (Wildman–Crippen LogP) is 7.33. The Morgan fingerprint density at radius 3 is 1.16 bits per heavy atom. The molecular weight excluding hydrogens is 588 g/mol. The number of rotatable bonds is 1. The van der Waals surface area contributed by atoms with Crippen molar-refractivity contribution in [2.24, 2.45) is 10.8 Å². The number of anilines is 4. The minimum atomic E-state index is -0.486. The molecule has 6 rings (SSSR count). The molecule has 0 saturated heterocycles. The van der Waals surface area contributed by atoms with Crippen LogP contribution in [-0.4, -0.2) is 22.7 Å². The fourth-order valence-electron chi connectivity index (χ4n) is 4.61. The van der Waals surface area contributed by atoms with Crippen LogP contribution in [0.5, 0.6) is 0 Å². The highest BCUT2D eigenvalue weighted by atomic mass is 35.5. The second-order valence-electron chi connectivity index (χ2n) is 13.1. The van der Waals surface area contributed by atoms with Gasteiger partial charge in [0.2, 0.25) is 11.1 Å². The number of nitrogen functional groups attached to an aromatic ring is 3. The van der Waals surface area contributed by atoms with Crippen molar-refractivity contribution in [2.45, 2.75) is 41.5 Å². The van der Waals surface area contributed by atoms with E-state index in [-0.39, 0.29) is 28.1 Å². The number of ketones is 2. The third kappa shape index (κ3) is 7.07. The van der Waals surface area contributed by atoms with Gasteiger partial charge in [-0.2, -0.15) is 0 Å². The zero-order valence-electron chi connectivity index (χ0n) is 26.2. The maximum Gasteiger partial charge on any atom is 0.229 e. The van der Waals surface area contributed by atoms with Gasteiger partial charge in [-0.25, -0.2) is 0 Å². The minimum absolute atomic E-state index is 0.00426. The van der Waals surface area contributed by atoms with Crippen molar-refractivity contribution in [3.05, 3.63) is 95.1 Å². The number of hydrogen-bond donors (Lipinski definition) is 4. The third-order valence-electron chi connectivity index (χ3n) is 7.24. The van der Waals surface area contributed by atoms with Gasteiger partial charge in [0.1, 0.15) is 0 Å². The number of amides is 1. The number of carbonyl (C=O) groups is 4. The maximum absolute atomic E-state index is 12.5. The van der Waals surface area contributed by atoms with Crippen LogP contribution >= 0.6 is 11.6 Å². The Balaban J connectivity index is 0.000000175. The molecule has 0 fully saturated rings. The summed E-state index contributed by atoms with van der Waals surface area (Å²) in [6.07, 6.45) is 0. The maximum atomic E-state index is 12.5. The number of hydrogen-bond acceptors (Lipinski definition) is 7. The Labute approximate surface area is 268 Å². The molecular formula is C36H37ClN4O4. The molecule has 45 heavy (non-hydrogen) atoms. The number of nitrogens with one attached hydrogen (secondary N) is 1. The Morgan fingerprint density at radius 1 is 0.533 bits per heavy atom. The van der Waals surface area contributed by atoms with Gasteiger partial charge in [-0.1, -0.05) is 65.8 Å². The van der Waals surface area contributed by atoms with Gasteiger partial charge in [-0.15, -0.1) is 0 Å². The Morgan fingerprint density at radius 2 is 0.844 bits per heavy atom. The highest BCUT2D eigenvalue weighted by Gasteiger charge is 2.29. The largest absolute Gasteiger partial charge is 0.399 e. The Hall–Kier alpha value is -4.95. The lowest BCUT2D eigenvalue weighted by molar-refractivity contribution is -0.123. The van der Waals surface area contributed by atoms with Gasteiger partial charge < -0.3 is 22.5 Å². The summed E-state index contributed by atoms with van der Waals surface area (Å²) in [5.41, 5.74) is 24.9. The summed E-state index contributed by atoms with van der Waals surface area (Å²) >= 11 is 5.11. The van der Waals surface area contributed by atoms with Gasteiger partial charge in [0, 0.05) is 55.8 Å². The van der Waals surface area contributed by atoms with Crippen molar-refractivity contribution in [3.8, 4) is 22.3 Å². The SMILES string of the molecule is CC(C)(C)C(=O)Cl.CC(C)(C)C(=O)Nc1ccc2c(c1)C(=O)c1cc(N)ccc1-2.Nc1ccc2c(c1)C(=O)c1cc(N)ccc1-2. The van der Waals surface area contributed by atoms with Gasteiger partial charge in [-0.05, 0) is 82.4 Å². The highest BCUT2D eigenvalue weighted by molar-refractivity contribution is 6.64. The number of carbonyl (C=O) groups excluding carboxylic acids is 4. The fraction of sp³-hybridized carbons (Fsp3) is 0.222. The van der Waals surface area contributed by atoms with Crippen molar-refractivity contribution >= 4 is 57.1 Å². The molecule has 0 unspecified atom stereocenters. The molecule has 8 nitrogen and oxygen atoms in total. The zero-order chi connectivity index (χ0) is 33.4. The predicted molar refractivity (Wildman–Crippen MR) is 182 cm³/mol. The van der Waals surface area contributed by atoms with Crippen molar-refractivity contribution < 1.29 is 19.2 Å². The number of benzene rings is 4. The molecule has 0 bridgehead atoms. The minimum Gasteiger partial charge on any atom is -0.399 e. The highest BCUT2D eigenvalue weighted by Crippen LogP contribution is 2.39. The van der Waals surface area contributed by atoms with Crippen molar-refractivity contribution in [2.75, 3.05) is 22.5 Å². The van der Waals surface area contributed by atoms with E-state index in [2.05, 4.69) is 5.32 Å². The van der Waals surface area contributed by atoms with Crippen LogP contribution in [0.4, 0.5) is 22.7 Å². The second-order valence-corrected chi connectivity index (χ2v) is 13.4. The summed E-state index contributed by atoms with van der Waals surface area (Å²) in [7, 11) is 0. The van der Waals surface area contributed by atoms with Gasteiger partial charge in [-0.3, -0.25) is 19.2 Å². The first kappa shape index (κ1) is 33.0. The fourth-order valence-corrected chi connectivity index (χ4v) is 4.61. The van der Waals surface area contributed by atoms with E-state index < -0.39 is 5.41 Å². The van der Waals surface area contributed by atoms with E-state index in [1.807, 2.05) is 51.1 Å². The summed E-state index contributed by atoms with van der Waals surface area (Å²) in [5.74, 6) is -0.131. The molecule has 2 aliphatic carbocycles. The topological polar surface area (TPSA) is 158 Å². The van der Waals surface area contributed by atoms with E-state index >= 15 is 0 Å². The molecule has 0 aliphatic heterocycles. The summed E-state index contributed by atoms with van der Waals surface area (Å²) in [4.78, 5) is 46.9. The lowest BCUT2D eigenvalue weighted by Gasteiger charge is -2.18. The number of halogens is 1. The molecule has 0 spiro atoms. The van der Waals surface area contributed by atoms with Crippen LogP contribution in [0.1, 0.15) is 73.4 Å². The van der Waals surface area contributed by atoms with Crippen LogP contribution < -0.4 is 22.5 Å². The average molecular weight is 625 g/mol. The lowest BCUT2D eigenvalue weighted by Crippen LogP contribution is -2.27. The molecule has 0 saturated carbocycles. The van der Waals surface area contributed by atoms with E-state index in [1.165, 1.54) is 0 Å². The Bertz CT molecular complexity index is 1810. The summed E-state index contributed by atoms with van der Waals surface area (Å²) in [5, 5.41) is 2.57. The molecule has 0 atom stereocenters. The molecule has 232 valence electrons. The van der Waals surface area contributed by atoms with Gasteiger partial charge >= 0.3 is 0 Å². The lowest BCUT2D eigenvalue weighted by atomic mass is 9.95. The quantitative estimate of drug-likeness (QED) is 0.110. The van der Waals surface area contributed by atoms with Gasteiger partial charge in [0.15, 0.2) is 11.6 Å². The standard InChI is InChI=1S/C18H18N2O2.C13H10N2O.C5H9ClO/c1-18(2,3)17(22)20-11-5-7-13-12-6-4-10(19)8-14(12)16(21)15(13)9-11;14-7-1-3-9-10-4-2-8(15)6-12(10)13(16)11(9)5-7;1-5(2,3)4(6)7/h4-9H,19H2,1-3H3,(H,20,22);1-6H,14-15H2;1-3H3. The first-order valence-corrected chi connectivity index (χ1v) is 14.7. The first-order valence-electron chi connectivity index (χ1n) is 14.3.